The second-order valence-corrected chi connectivity index (χ2v) is 10.5. The van der Waals surface area contributed by atoms with Crippen molar-refractivity contribution in [2.45, 2.75) is 49.6 Å². The highest BCUT2D eigenvalue weighted by Crippen LogP contribution is 2.29. The van der Waals surface area contributed by atoms with Gasteiger partial charge in [-0.25, -0.2) is 27.2 Å². The Bertz CT molecular complexity index is 1420. The van der Waals surface area contributed by atoms with Gasteiger partial charge in [0.2, 0.25) is 21.8 Å². The van der Waals surface area contributed by atoms with E-state index in [0.29, 0.717) is 17.7 Å². The summed E-state index contributed by atoms with van der Waals surface area (Å²) in [7, 11) is -4.27. The number of amides is 1. The molecule has 0 radical (unpaired) electrons. The molecule has 202 valence electrons. The van der Waals surface area contributed by atoms with Gasteiger partial charge in [0.25, 0.3) is 0 Å². The molecule has 0 aliphatic carbocycles. The highest BCUT2D eigenvalue weighted by atomic mass is 32.2. The normalized spacial score (nSPS) is 18.5. The van der Waals surface area contributed by atoms with Crippen LogP contribution < -0.4 is 5.32 Å². The SMILES string of the molecule is CCc1cc(CNC(=O)[C@@H]2C[C@@H](F)CN2S(=O)(=O)c2ccc(F)cc2)cc(-c2cnc(C(F)(F)F)nc2)n1. The summed E-state index contributed by atoms with van der Waals surface area (Å²) < 4.78 is 92.7. The molecule has 38 heavy (non-hydrogen) atoms. The van der Waals surface area contributed by atoms with Crippen LogP contribution in [0.15, 0.2) is 53.7 Å². The van der Waals surface area contributed by atoms with E-state index in [1.807, 2.05) is 6.92 Å². The maximum Gasteiger partial charge on any atom is 0.451 e. The first-order valence-corrected chi connectivity index (χ1v) is 12.9. The van der Waals surface area contributed by atoms with Gasteiger partial charge in [-0.05, 0) is 48.4 Å². The molecule has 1 aromatic carbocycles. The summed E-state index contributed by atoms with van der Waals surface area (Å²) in [6.07, 6.45) is -4.14. The number of alkyl halides is 4. The Balaban J connectivity index is 1.52. The van der Waals surface area contributed by atoms with Crippen molar-refractivity contribution in [1.29, 1.82) is 0 Å². The molecule has 1 amide bonds. The monoisotopic (exact) mass is 555 g/mol. The molecule has 4 rings (SSSR count). The van der Waals surface area contributed by atoms with Crippen LogP contribution >= 0.6 is 0 Å². The minimum Gasteiger partial charge on any atom is -0.351 e. The van der Waals surface area contributed by atoms with Gasteiger partial charge in [-0.1, -0.05) is 6.92 Å². The van der Waals surface area contributed by atoms with E-state index in [0.717, 1.165) is 41.0 Å². The van der Waals surface area contributed by atoms with Gasteiger partial charge in [0.1, 0.15) is 18.0 Å². The van der Waals surface area contributed by atoms with Gasteiger partial charge < -0.3 is 5.32 Å². The predicted octanol–water partition coefficient (Wildman–Crippen LogP) is 3.68. The molecule has 3 aromatic rings. The molecule has 2 aromatic heterocycles. The minimum atomic E-state index is -4.69. The third kappa shape index (κ3) is 5.96. The van der Waals surface area contributed by atoms with Crippen LogP contribution in [0, 0.1) is 5.82 Å². The number of rotatable bonds is 7. The summed E-state index contributed by atoms with van der Waals surface area (Å²) in [5.74, 6) is -2.66. The second-order valence-electron chi connectivity index (χ2n) is 8.59. The quantitative estimate of drug-likeness (QED) is 0.446. The van der Waals surface area contributed by atoms with Gasteiger partial charge in [0.15, 0.2) is 0 Å². The highest BCUT2D eigenvalue weighted by molar-refractivity contribution is 7.89. The van der Waals surface area contributed by atoms with E-state index in [1.54, 1.807) is 6.07 Å². The fourth-order valence-electron chi connectivity index (χ4n) is 4.00. The zero-order valence-corrected chi connectivity index (χ0v) is 20.7. The molecular formula is C24H22F5N5O3S. The molecule has 8 nitrogen and oxygen atoms in total. The Morgan fingerprint density at radius 2 is 1.79 bits per heavy atom. The first-order valence-electron chi connectivity index (χ1n) is 11.5. The number of aryl methyl sites for hydroxylation is 1. The van der Waals surface area contributed by atoms with E-state index in [2.05, 4.69) is 20.3 Å². The van der Waals surface area contributed by atoms with Gasteiger partial charge in [0, 0.05) is 43.2 Å². The highest BCUT2D eigenvalue weighted by Gasteiger charge is 2.44. The van der Waals surface area contributed by atoms with E-state index >= 15 is 0 Å². The van der Waals surface area contributed by atoms with Crippen LogP contribution in [0.2, 0.25) is 0 Å². The lowest BCUT2D eigenvalue weighted by atomic mass is 10.1. The molecule has 0 saturated carbocycles. The van der Waals surface area contributed by atoms with Crippen molar-refractivity contribution < 1.29 is 35.2 Å². The molecule has 2 atom stereocenters. The maximum absolute atomic E-state index is 14.3. The summed E-state index contributed by atoms with van der Waals surface area (Å²) in [5.41, 5.74) is 1.63. The molecule has 3 heterocycles. The first kappa shape index (κ1) is 27.5. The molecule has 1 saturated heterocycles. The van der Waals surface area contributed by atoms with Gasteiger partial charge in [-0.3, -0.25) is 9.78 Å². The molecule has 1 aliphatic heterocycles. The van der Waals surface area contributed by atoms with Crippen molar-refractivity contribution >= 4 is 15.9 Å². The zero-order chi connectivity index (χ0) is 27.7. The van der Waals surface area contributed by atoms with E-state index in [1.165, 1.54) is 6.07 Å². The van der Waals surface area contributed by atoms with Crippen LogP contribution in [-0.4, -0.2) is 52.3 Å². The zero-order valence-electron chi connectivity index (χ0n) is 19.9. The van der Waals surface area contributed by atoms with E-state index in [-0.39, 0.29) is 29.1 Å². The van der Waals surface area contributed by atoms with Crippen molar-refractivity contribution in [3.63, 3.8) is 0 Å². The number of aromatic nitrogens is 3. The number of pyridine rings is 1. The second kappa shape index (κ2) is 10.7. The summed E-state index contributed by atoms with van der Waals surface area (Å²) in [6.45, 7) is 1.21. The lowest BCUT2D eigenvalue weighted by molar-refractivity contribution is -0.145. The molecular weight excluding hydrogens is 533 g/mol. The summed E-state index contributed by atoms with van der Waals surface area (Å²) in [4.78, 5) is 23.8. The number of nitrogens with zero attached hydrogens (tertiary/aromatic N) is 4. The predicted molar refractivity (Wildman–Crippen MR) is 125 cm³/mol. The molecule has 0 unspecified atom stereocenters. The van der Waals surface area contributed by atoms with Crippen LogP contribution in [0.5, 0.6) is 0 Å². The third-order valence-electron chi connectivity index (χ3n) is 5.90. The fraction of sp³-hybridized carbons (Fsp3) is 0.333. The number of nitrogens with one attached hydrogen (secondary N) is 1. The first-order chi connectivity index (χ1) is 17.9. The number of carbonyl (C=O) groups excluding carboxylic acids is 1. The van der Waals surface area contributed by atoms with Crippen molar-refractivity contribution in [1.82, 2.24) is 24.6 Å². The Morgan fingerprint density at radius 1 is 1.13 bits per heavy atom. The van der Waals surface area contributed by atoms with Gasteiger partial charge in [0.05, 0.1) is 10.6 Å². The van der Waals surface area contributed by atoms with Crippen molar-refractivity contribution in [3.05, 3.63) is 71.7 Å². The van der Waals surface area contributed by atoms with Crippen molar-refractivity contribution in [2.24, 2.45) is 0 Å². The topological polar surface area (TPSA) is 105 Å². The molecule has 14 heteroatoms. The van der Waals surface area contributed by atoms with E-state index < -0.39 is 52.5 Å². The average molecular weight is 556 g/mol. The number of hydrogen-bond acceptors (Lipinski definition) is 6. The van der Waals surface area contributed by atoms with Crippen LogP contribution in [-0.2, 0) is 34.0 Å². The van der Waals surface area contributed by atoms with Crippen LogP contribution in [0.25, 0.3) is 11.3 Å². The van der Waals surface area contributed by atoms with Gasteiger partial charge in [-0.2, -0.15) is 17.5 Å². The average Bonchev–Trinajstić information content (AvgIpc) is 3.29. The largest absolute Gasteiger partial charge is 0.451 e. The van der Waals surface area contributed by atoms with E-state index in [9.17, 15) is 35.2 Å². The summed E-state index contributed by atoms with van der Waals surface area (Å²) in [5, 5.41) is 2.60. The lowest BCUT2D eigenvalue weighted by Crippen LogP contribution is -2.45. The van der Waals surface area contributed by atoms with Crippen molar-refractivity contribution in [3.8, 4) is 11.3 Å². The molecule has 0 spiro atoms. The summed E-state index contributed by atoms with van der Waals surface area (Å²) in [6, 6.07) is 5.88. The molecule has 1 aliphatic rings. The molecule has 1 N–H and O–H groups in total. The maximum atomic E-state index is 14.3. The number of carbonyl (C=O) groups is 1. The summed E-state index contributed by atoms with van der Waals surface area (Å²) >= 11 is 0. The number of halogens is 5. The lowest BCUT2D eigenvalue weighted by Gasteiger charge is -2.23. The van der Waals surface area contributed by atoms with E-state index in [4.69, 9.17) is 0 Å². The van der Waals surface area contributed by atoms with Gasteiger partial charge >= 0.3 is 6.18 Å². The number of sulfonamides is 1. The van der Waals surface area contributed by atoms with Crippen LogP contribution in [0.4, 0.5) is 22.0 Å². The number of benzene rings is 1. The third-order valence-corrected chi connectivity index (χ3v) is 7.78. The standard InChI is InChI=1S/C24H22F5N5O3S/c1-2-18-7-14(8-20(33-18)15-11-31-23(32-12-15)24(27,28)29)10-30-22(35)21-9-17(26)13-34(21)38(36,37)19-5-3-16(25)4-6-19/h3-8,11-12,17,21H,2,9-10,13H2,1H3,(H,30,35)/t17-,21+/m1/s1. The smallest absolute Gasteiger partial charge is 0.351 e. The minimum absolute atomic E-state index is 0.0826. The Morgan fingerprint density at radius 3 is 2.39 bits per heavy atom. The van der Waals surface area contributed by atoms with Crippen LogP contribution in [0.3, 0.4) is 0 Å². The Hall–Kier alpha value is -3.52. The van der Waals surface area contributed by atoms with Crippen LogP contribution in [0.1, 0.15) is 30.4 Å². The Labute approximate surface area is 215 Å². The van der Waals surface area contributed by atoms with Gasteiger partial charge in [-0.15, -0.1) is 0 Å². The van der Waals surface area contributed by atoms with Crippen molar-refractivity contribution in [2.75, 3.05) is 6.54 Å². The fourth-order valence-corrected chi connectivity index (χ4v) is 5.62. The molecule has 0 bridgehead atoms. The Kier molecular flexibility index (Phi) is 7.74. The number of hydrogen-bond donors (Lipinski definition) is 1. The molecule has 1 fully saturated rings.